The summed E-state index contributed by atoms with van der Waals surface area (Å²) in [6.07, 6.45) is 1.76. The molecule has 3 heteroatoms. The van der Waals surface area contributed by atoms with E-state index in [9.17, 15) is 0 Å². The van der Waals surface area contributed by atoms with Crippen molar-refractivity contribution in [3.8, 4) is 0 Å². The second-order valence-corrected chi connectivity index (χ2v) is 5.24. The maximum Gasteiger partial charge on any atom is 0.106 e. The first-order valence-corrected chi connectivity index (χ1v) is 5.57. The van der Waals surface area contributed by atoms with E-state index in [0.717, 1.165) is 11.5 Å². The van der Waals surface area contributed by atoms with Gasteiger partial charge in [0.15, 0.2) is 0 Å². The van der Waals surface area contributed by atoms with Crippen LogP contribution < -0.4 is 5.32 Å². The molecule has 2 nitrogen and oxygen atoms in total. The lowest BCUT2D eigenvalue weighted by atomic mass is 10.1. The normalized spacial score (nSPS) is 26.5. The Bertz CT molecular complexity index is 306. The van der Waals surface area contributed by atoms with Crippen LogP contribution >= 0.6 is 11.8 Å². The minimum absolute atomic E-state index is 0.249. The lowest BCUT2D eigenvalue weighted by molar-refractivity contribution is 0.447. The minimum Gasteiger partial charge on any atom is -0.469 e. The quantitative estimate of drug-likeness (QED) is 0.749. The molecule has 0 aliphatic carbocycles. The molecule has 72 valence electrons. The number of hydrogen-bond acceptors (Lipinski definition) is 3. The largest absolute Gasteiger partial charge is 0.469 e. The molecule has 1 N–H and O–H groups in total. The molecule has 1 aliphatic heterocycles. The first kappa shape index (κ1) is 9.16. The highest BCUT2D eigenvalue weighted by atomic mass is 32.2. The summed E-state index contributed by atoms with van der Waals surface area (Å²) in [4.78, 5) is 0. The van der Waals surface area contributed by atoms with Gasteiger partial charge in [-0.3, -0.25) is 5.32 Å². The van der Waals surface area contributed by atoms with Crippen LogP contribution in [0.15, 0.2) is 16.7 Å². The monoisotopic (exact) mass is 197 g/mol. The van der Waals surface area contributed by atoms with Crippen molar-refractivity contribution in [1.82, 2.24) is 5.32 Å². The van der Waals surface area contributed by atoms with Gasteiger partial charge in [0.2, 0.25) is 0 Å². The molecule has 0 aromatic carbocycles. The summed E-state index contributed by atoms with van der Waals surface area (Å²) in [5.41, 5.74) is 1.54. The molecule has 0 radical (unpaired) electrons. The number of aryl methyl sites for hydroxylation is 1. The van der Waals surface area contributed by atoms with Crippen LogP contribution in [-0.4, -0.2) is 11.3 Å². The van der Waals surface area contributed by atoms with Crippen LogP contribution in [0.2, 0.25) is 0 Å². The zero-order valence-corrected chi connectivity index (χ0v) is 9.07. The smallest absolute Gasteiger partial charge is 0.106 e. The molecule has 2 heterocycles. The maximum absolute atomic E-state index is 5.29. The van der Waals surface area contributed by atoms with Gasteiger partial charge < -0.3 is 4.42 Å². The Morgan fingerprint density at radius 2 is 2.38 bits per heavy atom. The van der Waals surface area contributed by atoms with Gasteiger partial charge in [0.05, 0.1) is 11.6 Å². The Kier molecular flexibility index (Phi) is 2.16. The van der Waals surface area contributed by atoms with Crippen LogP contribution in [0, 0.1) is 6.92 Å². The van der Waals surface area contributed by atoms with Crippen molar-refractivity contribution in [3.05, 3.63) is 23.7 Å². The predicted octanol–water partition coefficient (Wildman–Crippen LogP) is 2.70. The molecular formula is C10H15NOS. The van der Waals surface area contributed by atoms with Gasteiger partial charge in [0.25, 0.3) is 0 Å². The molecular weight excluding hydrogens is 182 g/mol. The van der Waals surface area contributed by atoms with Gasteiger partial charge in [-0.2, -0.15) is 0 Å². The number of rotatable bonds is 1. The third-order valence-electron chi connectivity index (χ3n) is 2.31. The number of furan rings is 1. The zero-order valence-electron chi connectivity index (χ0n) is 8.26. The molecule has 0 bridgehead atoms. The minimum atomic E-state index is 0.249. The van der Waals surface area contributed by atoms with Crippen LogP contribution in [0.5, 0.6) is 0 Å². The van der Waals surface area contributed by atoms with Gasteiger partial charge in [0, 0.05) is 16.9 Å². The lowest BCUT2D eigenvalue weighted by Gasteiger charge is -2.18. The third-order valence-corrected chi connectivity index (χ3v) is 3.91. The second-order valence-electron chi connectivity index (χ2n) is 4.15. The first-order valence-electron chi connectivity index (χ1n) is 4.52. The molecule has 1 atom stereocenters. The number of hydrogen-bond donors (Lipinski definition) is 1. The van der Waals surface area contributed by atoms with Crippen molar-refractivity contribution in [2.24, 2.45) is 0 Å². The van der Waals surface area contributed by atoms with Crippen LogP contribution in [-0.2, 0) is 0 Å². The second kappa shape index (κ2) is 3.07. The Morgan fingerprint density at radius 1 is 1.62 bits per heavy atom. The van der Waals surface area contributed by atoms with Crippen molar-refractivity contribution < 1.29 is 4.42 Å². The van der Waals surface area contributed by atoms with E-state index < -0.39 is 0 Å². The maximum atomic E-state index is 5.29. The van der Waals surface area contributed by atoms with E-state index in [-0.39, 0.29) is 5.54 Å². The van der Waals surface area contributed by atoms with Gasteiger partial charge in [-0.1, -0.05) is 0 Å². The topological polar surface area (TPSA) is 25.2 Å². The molecule has 1 aromatic heterocycles. The van der Waals surface area contributed by atoms with E-state index in [4.69, 9.17) is 4.42 Å². The lowest BCUT2D eigenvalue weighted by Crippen LogP contribution is -2.35. The summed E-state index contributed by atoms with van der Waals surface area (Å²) in [7, 11) is 0. The number of thioether (sulfide) groups is 1. The predicted molar refractivity (Wildman–Crippen MR) is 55.9 cm³/mol. The van der Waals surface area contributed by atoms with Gasteiger partial charge in [-0.15, -0.1) is 11.8 Å². The highest BCUT2D eigenvalue weighted by molar-refractivity contribution is 7.99. The van der Waals surface area contributed by atoms with Crippen molar-refractivity contribution in [2.45, 2.75) is 31.7 Å². The Labute approximate surface area is 83.1 Å². The van der Waals surface area contributed by atoms with Crippen molar-refractivity contribution >= 4 is 11.8 Å². The van der Waals surface area contributed by atoms with Gasteiger partial charge in [-0.25, -0.2) is 0 Å². The average Bonchev–Trinajstić information content (AvgIpc) is 2.56. The molecule has 0 spiro atoms. The molecule has 13 heavy (non-hydrogen) atoms. The highest BCUT2D eigenvalue weighted by Gasteiger charge is 2.32. The standard InChI is InChI=1S/C10H15NOS/c1-7-8(4-5-12-7)9-11-10(2,3)6-13-9/h4-5,9,11H,6H2,1-3H3. The summed E-state index contributed by atoms with van der Waals surface area (Å²) in [6.45, 7) is 6.48. The summed E-state index contributed by atoms with van der Waals surface area (Å²) < 4.78 is 5.29. The summed E-state index contributed by atoms with van der Waals surface area (Å²) in [5, 5.41) is 3.99. The zero-order chi connectivity index (χ0) is 9.47. The van der Waals surface area contributed by atoms with Crippen LogP contribution in [0.25, 0.3) is 0 Å². The molecule has 0 saturated carbocycles. The van der Waals surface area contributed by atoms with E-state index in [0.29, 0.717) is 5.37 Å². The van der Waals surface area contributed by atoms with E-state index in [2.05, 4.69) is 25.2 Å². The van der Waals surface area contributed by atoms with Gasteiger partial charge in [0.1, 0.15) is 5.76 Å². The summed E-state index contributed by atoms with van der Waals surface area (Å²) in [5.74, 6) is 2.19. The molecule has 1 aromatic rings. The van der Waals surface area contributed by atoms with Crippen molar-refractivity contribution in [1.29, 1.82) is 0 Å². The fraction of sp³-hybridized carbons (Fsp3) is 0.600. The first-order chi connectivity index (χ1) is 6.08. The van der Waals surface area contributed by atoms with Gasteiger partial charge >= 0.3 is 0 Å². The van der Waals surface area contributed by atoms with Crippen molar-refractivity contribution in [3.63, 3.8) is 0 Å². The third kappa shape index (κ3) is 1.76. The summed E-state index contributed by atoms with van der Waals surface area (Å²) in [6, 6.07) is 2.06. The van der Waals surface area contributed by atoms with Crippen molar-refractivity contribution in [2.75, 3.05) is 5.75 Å². The molecule has 2 rings (SSSR count). The molecule has 0 amide bonds. The average molecular weight is 197 g/mol. The SMILES string of the molecule is Cc1occc1C1NC(C)(C)CS1. The Balaban J connectivity index is 2.17. The Hall–Kier alpha value is -0.410. The highest BCUT2D eigenvalue weighted by Crippen LogP contribution is 2.38. The van der Waals surface area contributed by atoms with E-state index in [1.807, 2.05) is 18.7 Å². The molecule has 1 saturated heterocycles. The van der Waals surface area contributed by atoms with E-state index in [1.165, 1.54) is 5.56 Å². The fourth-order valence-corrected chi connectivity index (χ4v) is 3.06. The van der Waals surface area contributed by atoms with Crippen LogP contribution in [0.1, 0.15) is 30.5 Å². The van der Waals surface area contributed by atoms with E-state index >= 15 is 0 Å². The summed E-state index contributed by atoms with van der Waals surface area (Å²) >= 11 is 1.95. The van der Waals surface area contributed by atoms with Crippen LogP contribution in [0.4, 0.5) is 0 Å². The molecule has 1 fully saturated rings. The number of nitrogens with one attached hydrogen (secondary N) is 1. The van der Waals surface area contributed by atoms with Crippen LogP contribution in [0.3, 0.4) is 0 Å². The Morgan fingerprint density at radius 3 is 2.85 bits per heavy atom. The van der Waals surface area contributed by atoms with Gasteiger partial charge in [-0.05, 0) is 26.8 Å². The molecule has 1 aliphatic rings. The van der Waals surface area contributed by atoms with E-state index in [1.54, 1.807) is 6.26 Å². The molecule has 1 unspecified atom stereocenters. The fourth-order valence-electron chi connectivity index (χ4n) is 1.56.